The second-order valence-corrected chi connectivity index (χ2v) is 1.86. The molecular formula is C7H5N2. The number of fused-ring (bicyclic) bond motifs is 1. The van der Waals surface area contributed by atoms with Gasteiger partial charge in [-0.05, 0) is 6.07 Å². The number of aromatic amines is 1. The van der Waals surface area contributed by atoms with E-state index in [4.69, 9.17) is 0 Å². The van der Waals surface area contributed by atoms with Crippen LogP contribution in [-0.2, 0) is 0 Å². The van der Waals surface area contributed by atoms with Gasteiger partial charge in [-0.1, -0.05) is 0 Å². The summed E-state index contributed by atoms with van der Waals surface area (Å²) in [5.41, 5.74) is 1.02. The predicted octanol–water partition coefficient (Wildman–Crippen LogP) is 1.36. The van der Waals surface area contributed by atoms with Crippen molar-refractivity contribution in [3.8, 4) is 0 Å². The second-order valence-electron chi connectivity index (χ2n) is 1.86. The Morgan fingerprint density at radius 3 is 3.44 bits per heavy atom. The number of hydrogen-bond acceptors (Lipinski definition) is 1. The van der Waals surface area contributed by atoms with Crippen LogP contribution >= 0.6 is 0 Å². The van der Waals surface area contributed by atoms with E-state index < -0.39 is 0 Å². The van der Waals surface area contributed by atoms with Gasteiger partial charge in [0.1, 0.15) is 0 Å². The smallest absolute Gasteiger partial charge is 0.0566 e. The van der Waals surface area contributed by atoms with Gasteiger partial charge < -0.3 is 4.98 Å². The maximum Gasteiger partial charge on any atom is 0.0566 e. The van der Waals surface area contributed by atoms with Gasteiger partial charge in [0.25, 0.3) is 0 Å². The van der Waals surface area contributed by atoms with E-state index in [1.165, 1.54) is 0 Å². The maximum atomic E-state index is 3.91. The van der Waals surface area contributed by atoms with E-state index in [0.717, 1.165) is 10.9 Å². The number of hydrogen-bond donors (Lipinski definition) is 1. The molecule has 1 N–H and O–H groups in total. The van der Waals surface area contributed by atoms with Crippen molar-refractivity contribution in [1.29, 1.82) is 0 Å². The van der Waals surface area contributed by atoms with Crippen molar-refractivity contribution in [2.75, 3.05) is 0 Å². The first kappa shape index (κ1) is 4.56. The Morgan fingerprint density at radius 1 is 1.56 bits per heavy atom. The average molecular weight is 117 g/mol. The van der Waals surface area contributed by atoms with E-state index in [9.17, 15) is 0 Å². The highest BCUT2D eigenvalue weighted by Gasteiger charge is 1.88. The number of aromatic nitrogens is 2. The van der Waals surface area contributed by atoms with Gasteiger partial charge in [0.2, 0.25) is 0 Å². The Morgan fingerprint density at radius 2 is 2.56 bits per heavy atom. The summed E-state index contributed by atoms with van der Waals surface area (Å²) in [7, 11) is 0. The minimum absolute atomic E-state index is 1.02. The van der Waals surface area contributed by atoms with Crippen molar-refractivity contribution in [1.82, 2.24) is 9.97 Å². The molecule has 0 fully saturated rings. The van der Waals surface area contributed by atoms with Gasteiger partial charge in [0, 0.05) is 30.0 Å². The molecule has 9 heavy (non-hydrogen) atoms. The normalized spacial score (nSPS) is 10.2. The molecule has 0 aromatic carbocycles. The molecule has 0 amide bonds. The lowest BCUT2D eigenvalue weighted by molar-refractivity contribution is 1.35. The maximum absolute atomic E-state index is 3.91. The summed E-state index contributed by atoms with van der Waals surface area (Å²) >= 11 is 0. The third kappa shape index (κ3) is 0.598. The highest BCUT2D eigenvalue weighted by atomic mass is 14.7. The molecular weight excluding hydrogens is 112 g/mol. The molecule has 2 aromatic heterocycles. The summed E-state index contributed by atoms with van der Waals surface area (Å²) in [6, 6.07) is 4.94. The summed E-state index contributed by atoms with van der Waals surface area (Å²) in [6.45, 7) is 0. The molecule has 0 atom stereocenters. The lowest BCUT2D eigenvalue weighted by atomic mass is 10.3. The molecule has 2 heteroatoms. The van der Waals surface area contributed by atoms with E-state index in [-0.39, 0.29) is 0 Å². The Bertz CT molecular complexity index is 281. The molecule has 0 aliphatic carbocycles. The molecule has 2 heterocycles. The molecule has 2 nitrogen and oxygen atoms in total. The highest BCUT2D eigenvalue weighted by molar-refractivity contribution is 5.77. The molecule has 0 saturated carbocycles. The SMILES string of the molecule is [c]1cncc2cc[nH]c12. The highest BCUT2D eigenvalue weighted by Crippen LogP contribution is 2.06. The second kappa shape index (κ2) is 1.58. The minimum atomic E-state index is 1.02. The van der Waals surface area contributed by atoms with Crippen LogP contribution in [-0.4, -0.2) is 9.97 Å². The van der Waals surface area contributed by atoms with Crippen LogP contribution in [0.25, 0.3) is 10.9 Å². The van der Waals surface area contributed by atoms with Crippen LogP contribution in [0.4, 0.5) is 0 Å². The predicted molar refractivity (Wildman–Crippen MR) is 34.9 cm³/mol. The van der Waals surface area contributed by atoms with Crippen LogP contribution < -0.4 is 0 Å². The Kier molecular flexibility index (Phi) is 0.803. The van der Waals surface area contributed by atoms with Crippen molar-refractivity contribution < 1.29 is 0 Å². The Hall–Kier alpha value is -1.31. The van der Waals surface area contributed by atoms with E-state index in [1.807, 2.05) is 18.5 Å². The van der Waals surface area contributed by atoms with Gasteiger partial charge in [0.15, 0.2) is 0 Å². The van der Waals surface area contributed by atoms with E-state index in [1.54, 1.807) is 6.20 Å². The van der Waals surface area contributed by atoms with Crippen molar-refractivity contribution in [3.63, 3.8) is 0 Å². The lowest BCUT2D eigenvalue weighted by Gasteiger charge is -1.81. The van der Waals surface area contributed by atoms with Gasteiger partial charge in [0.05, 0.1) is 5.52 Å². The molecule has 0 aliphatic heterocycles. The molecule has 0 unspecified atom stereocenters. The molecule has 2 aromatic rings. The largest absolute Gasteiger partial charge is 0.361 e. The first-order valence-corrected chi connectivity index (χ1v) is 2.75. The van der Waals surface area contributed by atoms with Crippen LogP contribution in [0.2, 0.25) is 0 Å². The van der Waals surface area contributed by atoms with Gasteiger partial charge in [-0.2, -0.15) is 0 Å². The fourth-order valence-corrected chi connectivity index (χ4v) is 0.833. The first-order chi connectivity index (χ1) is 4.47. The summed E-state index contributed by atoms with van der Waals surface area (Å²) < 4.78 is 0. The van der Waals surface area contributed by atoms with Gasteiger partial charge in [-0.25, -0.2) is 0 Å². The Labute approximate surface area is 52.5 Å². The first-order valence-electron chi connectivity index (χ1n) is 2.75. The molecule has 0 spiro atoms. The quantitative estimate of drug-likeness (QED) is 0.554. The van der Waals surface area contributed by atoms with Crippen molar-refractivity contribution >= 4 is 10.9 Å². The number of nitrogens with one attached hydrogen (secondary N) is 1. The topological polar surface area (TPSA) is 28.7 Å². The summed E-state index contributed by atoms with van der Waals surface area (Å²) in [5.74, 6) is 0. The molecule has 0 aliphatic rings. The summed E-state index contributed by atoms with van der Waals surface area (Å²) in [4.78, 5) is 6.93. The Balaban J connectivity index is 2.95. The van der Waals surface area contributed by atoms with E-state index >= 15 is 0 Å². The van der Waals surface area contributed by atoms with Crippen LogP contribution in [0.3, 0.4) is 0 Å². The molecule has 0 bridgehead atoms. The van der Waals surface area contributed by atoms with E-state index in [2.05, 4.69) is 16.0 Å². The van der Waals surface area contributed by atoms with Crippen LogP contribution in [0.15, 0.2) is 24.7 Å². The monoisotopic (exact) mass is 117 g/mol. The zero-order valence-electron chi connectivity index (χ0n) is 4.76. The van der Waals surface area contributed by atoms with Crippen molar-refractivity contribution in [3.05, 3.63) is 30.7 Å². The zero-order chi connectivity index (χ0) is 6.10. The average Bonchev–Trinajstić information content (AvgIpc) is 2.33. The lowest BCUT2D eigenvalue weighted by Crippen LogP contribution is -1.68. The third-order valence-electron chi connectivity index (χ3n) is 1.28. The van der Waals surface area contributed by atoms with Crippen molar-refractivity contribution in [2.45, 2.75) is 0 Å². The summed E-state index contributed by atoms with van der Waals surface area (Å²) in [5, 5.41) is 1.11. The van der Waals surface area contributed by atoms with Crippen LogP contribution in [0.5, 0.6) is 0 Å². The fraction of sp³-hybridized carbons (Fsp3) is 0. The van der Waals surface area contributed by atoms with Crippen molar-refractivity contribution in [2.24, 2.45) is 0 Å². The van der Waals surface area contributed by atoms with Crippen LogP contribution in [0.1, 0.15) is 0 Å². The zero-order valence-corrected chi connectivity index (χ0v) is 4.76. The van der Waals surface area contributed by atoms with Crippen LogP contribution in [0, 0.1) is 6.07 Å². The molecule has 43 valence electrons. The third-order valence-corrected chi connectivity index (χ3v) is 1.28. The van der Waals surface area contributed by atoms with Gasteiger partial charge in [-0.15, -0.1) is 0 Å². The fourth-order valence-electron chi connectivity index (χ4n) is 0.833. The number of nitrogens with zero attached hydrogens (tertiary/aromatic N) is 1. The summed E-state index contributed by atoms with van der Waals surface area (Å²) in [6.07, 6.45) is 5.34. The van der Waals surface area contributed by atoms with E-state index in [0.29, 0.717) is 0 Å². The van der Waals surface area contributed by atoms with Gasteiger partial charge >= 0.3 is 0 Å². The number of rotatable bonds is 0. The molecule has 0 saturated heterocycles. The molecule has 1 radical (unpaired) electrons. The number of H-pyrrole nitrogens is 1. The number of pyridine rings is 1. The standard InChI is InChI=1S/C7H5N2/c1-4-9-7-2-3-8-5-6(1)7/h1,3-5,9H. The minimum Gasteiger partial charge on any atom is -0.361 e. The van der Waals surface area contributed by atoms with Gasteiger partial charge in [-0.3, -0.25) is 4.98 Å². The molecule has 2 rings (SSSR count).